The molecular weight excluding hydrogens is 216 g/mol. The fourth-order valence-corrected chi connectivity index (χ4v) is 1.92. The third-order valence-corrected chi connectivity index (χ3v) is 2.89. The average Bonchev–Trinajstić information content (AvgIpc) is 2.83. The zero-order valence-corrected chi connectivity index (χ0v) is 10.8. The molecule has 1 aliphatic rings. The Balaban J connectivity index is 1.89. The molecule has 0 fully saturated rings. The highest BCUT2D eigenvalue weighted by molar-refractivity contribution is 5.77. The van der Waals surface area contributed by atoms with Crippen LogP contribution in [0.4, 0.5) is 0 Å². The average molecular weight is 240 g/mol. The van der Waals surface area contributed by atoms with Crippen molar-refractivity contribution in [2.45, 2.75) is 32.1 Å². The first-order valence-corrected chi connectivity index (χ1v) is 6.47. The normalized spacial score (nSPS) is 14.8. The Morgan fingerprint density at radius 1 is 1.47 bits per heavy atom. The number of rotatable bonds is 9. The number of nitrogens with one attached hydrogen (secondary N) is 2. The summed E-state index contributed by atoms with van der Waals surface area (Å²) in [5.41, 5.74) is 1.54. The van der Waals surface area contributed by atoms with Crippen molar-refractivity contribution >= 4 is 5.91 Å². The van der Waals surface area contributed by atoms with Gasteiger partial charge in [0.05, 0.1) is 6.54 Å². The highest BCUT2D eigenvalue weighted by Gasteiger charge is 2.04. The molecule has 0 aromatic carbocycles. The molecule has 1 amide bonds. The largest absolute Gasteiger partial charge is 0.385 e. The van der Waals surface area contributed by atoms with Crippen molar-refractivity contribution in [2.75, 3.05) is 33.4 Å². The molecule has 2 N–H and O–H groups in total. The van der Waals surface area contributed by atoms with Gasteiger partial charge in [-0.15, -0.1) is 0 Å². The number of carbonyl (C=O) groups is 1. The molecule has 0 aromatic rings. The van der Waals surface area contributed by atoms with E-state index >= 15 is 0 Å². The van der Waals surface area contributed by atoms with E-state index in [4.69, 9.17) is 4.74 Å². The van der Waals surface area contributed by atoms with Gasteiger partial charge in [-0.3, -0.25) is 4.79 Å². The minimum atomic E-state index is 0.0708. The van der Waals surface area contributed by atoms with Gasteiger partial charge < -0.3 is 15.4 Å². The van der Waals surface area contributed by atoms with Gasteiger partial charge in [-0.05, 0) is 38.6 Å². The first-order valence-electron chi connectivity index (χ1n) is 6.47. The lowest BCUT2D eigenvalue weighted by Crippen LogP contribution is -2.35. The van der Waals surface area contributed by atoms with E-state index in [1.54, 1.807) is 7.11 Å². The predicted molar refractivity (Wildman–Crippen MR) is 68.9 cm³/mol. The minimum Gasteiger partial charge on any atom is -0.385 e. The molecule has 0 heterocycles. The molecule has 4 nitrogen and oxygen atoms in total. The number of hydrogen-bond donors (Lipinski definition) is 2. The lowest BCUT2D eigenvalue weighted by Gasteiger charge is -2.06. The van der Waals surface area contributed by atoms with Crippen LogP contribution in [-0.2, 0) is 9.53 Å². The Morgan fingerprint density at radius 3 is 3.06 bits per heavy atom. The lowest BCUT2D eigenvalue weighted by atomic mass is 10.2. The van der Waals surface area contributed by atoms with Crippen molar-refractivity contribution in [3.8, 4) is 0 Å². The van der Waals surface area contributed by atoms with Gasteiger partial charge in [0.1, 0.15) is 0 Å². The van der Waals surface area contributed by atoms with E-state index in [2.05, 4.69) is 16.7 Å². The van der Waals surface area contributed by atoms with E-state index in [9.17, 15) is 4.79 Å². The second-order valence-corrected chi connectivity index (χ2v) is 4.38. The van der Waals surface area contributed by atoms with Crippen LogP contribution in [-0.4, -0.2) is 39.3 Å². The summed E-state index contributed by atoms with van der Waals surface area (Å²) in [6, 6.07) is 0. The lowest BCUT2D eigenvalue weighted by molar-refractivity contribution is -0.120. The van der Waals surface area contributed by atoms with Crippen LogP contribution in [0.3, 0.4) is 0 Å². The molecule has 0 saturated heterocycles. The molecule has 0 unspecified atom stereocenters. The summed E-state index contributed by atoms with van der Waals surface area (Å²) < 4.78 is 4.91. The minimum absolute atomic E-state index is 0.0708. The second kappa shape index (κ2) is 9.19. The van der Waals surface area contributed by atoms with E-state index in [1.807, 2.05) is 0 Å². The summed E-state index contributed by atoms with van der Waals surface area (Å²) >= 11 is 0. The third kappa shape index (κ3) is 7.13. The number of allylic oxidation sites excluding steroid dienone is 1. The van der Waals surface area contributed by atoms with Crippen LogP contribution in [0.25, 0.3) is 0 Å². The molecule has 0 aromatic heterocycles. The maximum atomic E-state index is 11.4. The highest BCUT2D eigenvalue weighted by Crippen LogP contribution is 2.19. The summed E-state index contributed by atoms with van der Waals surface area (Å²) in [4.78, 5) is 11.4. The molecule has 0 saturated carbocycles. The molecule has 0 aliphatic heterocycles. The topological polar surface area (TPSA) is 50.4 Å². The SMILES string of the molecule is COCCCNC(=O)CNCCC1=CCCC1. The number of hydrogen-bond acceptors (Lipinski definition) is 3. The smallest absolute Gasteiger partial charge is 0.233 e. The highest BCUT2D eigenvalue weighted by atomic mass is 16.5. The molecule has 1 rings (SSSR count). The van der Waals surface area contributed by atoms with Gasteiger partial charge >= 0.3 is 0 Å². The Bertz CT molecular complexity index is 252. The van der Waals surface area contributed by atoms with Crippen molar-refractivity contribution in [1.29, 1.82) is 0 Å². The van der Waals surface area contributed by atoms with Gasteiger partial charge in [-0.1, -0.05) is 11.6 Å². The Labute approximate surface area is 104 Å². The Morgan fingerprint density at radius 2 is 2.35 bits per heavy atom. The van der Waals surface area contributed by atoms with Crippen LogP contribution in [0.2, 0.25) is 0 Å². The summed E-state index contributed by atoms with van der Waals surface area (Å²) in [7, 11) is 1.67. The first-order chi connectivity index (χ1) is 8.33. The summed E-state index contributed by atoms with van der Waals surface area (Å²) in [6.45, 7) is 2.71. The van der Waals surface area contributed by atoms with E-state index < -0.39 is 0 Å². The van der Waals surface area contributed by atoms with Crippen LogP contribution in [0.5, 0.6) is 0 Å². The maximum Gasteiger partial charge on any atom is 0.233 e. The van der Waals surface area contributed by atoms with Crippen LogP contribution in [0, 0.1) is 0 Å². The van der Waals surface area contributed by atoms with Crippen LogP contribution in [0.1, 0.15) is 32.1 Å². The van der Waals surface area contributed by atoms with Gasteiger partial charge in [0.15, 0.2) is 0 Å². The Hall–Kier alpha value is -0.870. The van der Waals surface area contributed by atoms with Crippen molar-refractivity contribution in [3.05, 3.63) is 11.6 Å². The van der Waals surface area contributed by atoms with Gasteiger partial charge in [-0.2, -0.15) is 0 Å². The molecule has 0 radical (unpaired) electrons. The molecule has 17 heavy (non-hydrogen) atoms. The van der Waals surface area contributed by atoms with Gasteiger partial charge in [0.25, 0.3) is 0 Å². The fourth-order valence-electron chi connectivity index (χ4n) is 1.92. The molecule has 4 heteroatoms. The van der Waals surface area contributed by atoms with Crippen molar-refractivity contribution in [1.82, 2.24) is 10.6 Å². The van der Waals surface area contributed by atoms with Gasteiger partial charge in [-0.25, -0.2) is 0 Å². The maximum absolute atomic E-state index is 11.4. The summed E-state index contributed by atoms with van der Waals surface area (Å²) in [5.74, 6) is 0.0708. The quantitative estimate of drug-likeness (QED) is 0.471. The van der Waals surface area contributed by atoms with E-state index in [1.165, 1.54) is 24.8 Å². The van der Waals surface area contributed by atoms with Gasteiger partial charge in [0.2, 0.25) is 5.91 Å². The summed E-state index contributed by atoms with van der Waals surface area (Å²) in [6.07, 6.45) is 8.05. The number of amides is 1. The second-order valence-electron chi connectivity index (χ2n) is 4.38. The fraction of sp³-hybridized carbons (Fsp3) is 0.769. The van der Waals surface area contributed by atoms with Crippen LogP contribution >= 0.6 is 0 Å². The van der Waals surface area contributed by atoms with Crippen molar-refractivity contribution < 1.29 is 9.53 Å². The number of ether oxygens (including phenoxy) is 1. The number of carbonyl (C=O) groups excluding carboxylic acids is 1. The predicted octanol–water partition coefficient (Wildman–Crippen LogP) is 1.23. The van der Waals surface area contributed by atoms with Crippen molar-refractivity contribution in [2.24, 2.45) is 0 Å². The standard InChI is InChI=1S/C13H24N2O2/c1-17-10-4-8-15-13(16)11-14-9-7-12-5-2-3-6-12/h5,14H,2-4,6-11H2,1H3,(H,15,16). The van der Waals surface area contributed by atoms with E-state index in [0.717, 1.165) is 19.4 Å². The molecule has 0 atom stereocenters. The van der Waals surface area contributed by atoms with Crippen molar-refractivity contribution in [3.63, 3.8) is 0 Å². The first kappa shape index (κ1) is 14.2. The molecule has 0 spiro atoms. The van der Waals surface area contributed by atoms with E-state index in [-0.39, 0.29) is 5.91 Å². The third-order valence-electron chi connectivity index (χ3n) is 2.89. The van der Waals surface area contributed by atoms with Crippen LogP contribution < -0.4 is 10.6 Å². The monoisotopic (exact) mass is 240 g/mol. The van der Waals surface area contributed by atoms with E-state index in [0.29, 0.717) is 19.7 Å². The van der Waals surface area contributed by atoms with Gasteiger partial charge in [0, 0.05) is 20.3 Å². The number of methoxy groups -OCH3 is 1. The molecule has 1 aliphatic carbocycles. The summed E-state index contributed by atoms with van der Waals surface area (Å²) in [5, 5.41) is 6.02. The zero-order chi connectivity index (χ0) is 12.3. The molecule has 98 valence electrons. The van der Waals surface area contributed by atoms with Crippen LogP contribution in [0.15, 0.2) is 11.6 Å². The molecular formula is C13H24N2O2. The zero-order valence-electron chi connectivity index (χ0n) is 10.8. The molecule has 0 bridgehead atoms. The Kier molecular flexibility index (Phi) is 7.67.